The second kappa shape index (κ2) is 8.17. The molecule has 0 saturated carbocycles. The quantitative estimate of drug-likeness (QED) is 0.798. The molecule has 0 radical (unpaired) electrons. The van der Waals surface area contributed by atoms with Crippen LogP contribution in [0.1, 0.15) is 31.2 Å². The molecule has 6 nitrogen and oxygen atoms in total. The first-order chi connectivity index (χ1) is 12.6. The predicted molar refractivity (Wildman–Crippen MR) is 101 cm³/mol. The van der Waals surface area contributed by atoms with E-state index in [0.29, 0.717) is 12.4 Å². The van der Waals surface area contributed by atoms with E-state index >= 15 is 0 Å². The van der Waals surface area contributed by atoms with Crippen LogP contribution in [0.2, 0.25) is 0 Å². The van der Waals surface area contributed by atoms with Gasteiger partial charge in [-0.1, -0.05) is 37.3 Å². The molecule has 0 bridgehead atoms. The van der Waals surface area contributed by atoms with Crippen molar-refractivity contribution in [2.45, 2.75) is 31.8 Å². The largest absolute Gasteiger partial charge is 0.471 e. The van der Waals surface area contributed by atoms with Crippen LogP contribution < -0.4 is 9.64 Å². The molecule has 0 N–H and O–H groups in total. The molecule has 2 aromatic rings. The predicted octanol–water partition coefficient (Wildman–Crippen LogP) is 2.72. The molecule has 138 valence electrons. The van der Waals surface area contributed by atoms with E-state index in [-0.39, 0.29) is 17.9 Å². The van der Waals surface area contributed by atoms with Gasteiger partial charge in [0.25, 0.3) is 0 Å². The topological polar surface area (TPSA) is 58.6 Å². The van der Waals surface area contributed by atoms with Crippen LogP contribution >= 0.6 is 0 Å². The monoisotopic (exact) mass is 354 g/mol. The number of nitrogens with zero attached hydrogens (tertiary/aromatic N) is 4. The Hall–Kier alpha value is -2.63. The molecule has 1 aliphatic rings. The van der Waals surface area contributed by atoms with Gasteiger partial charge in [-0.3, -0.25) is 4.79 Å². The summed E-state index contributed by atoms with van der Waals surface area (Å²) in [4.78, 5) is 16.7. The van der Waals surface area contributed by atoms with E-state index in [1.54, 1.807) is 0 Å². The lowest BCUT2D eigenvalue weighted by molar-refractivity contribution is -0.132. The molecule has 3 rings (SSSR count). The van der Waals surface area contributed by atoms with Gasteiger partial charge in [0, 0.05) is 33.1 Å². The minimum absolute atomic E-state index is 0.0354. The van der Waals surface area contributed by atoms with Gasteiger partial charge >= 0.3 is 0 Å². The lowest BCUT2D eigenvalue weighted by atomic mass is 9.95. The van der Waals surface area contributed by atoms with Crippen molar-refractivity contribution in [3.8, 4) is 5.88 Å². The third kappa shape index (κ3) is 4.12. The number of aromatic nitrogens is 2. The number of carbonyl (C=O) groups is 1. The zero-order chi connectivity index (χ0) is 18.5. The molecule has 1 amide bonds. The van der Waals surface area contributed by atoms with Crippen LogP contribution in [-0.2, 0) is 4.79 Å². The molecular formula is C20H26N4O2. The van der Waals surface area contributed by atoms with Crippen molar-refractivity contribution in [1.29, 1.82) is 0 Å². The minimum atomic E-state index is -0.0888. The first-order valence-electron chi connectivity index (χ1n) is 9.10. The maximum absolute atomic E-state index is 12.9. The summed E-state index contributed by atoms with van der Waals surface area (Å²) in [5.74, 6) is 1.38. The number of carbonyl (C=O) groups excluding carboxylic acids is 1. The lowest BCUT2D eigenvalue weighted by Crippen LogP contribution is -2.34. The average Bonchev–Trinajstić information content (AvgIpc) is 3.12. The molecule has 2 unspecified atom stereocenters. The number of benzene rings is 1. The highest BCUT2D eigenvalue weighted by molar-refractivity contribution is 5.84. The number of anilines is 1. The first-order valence-corrected chi connectivity index (χ1v) is 9.10. The second-order valence-electron chi connectivity index (χ2n) is 6.81. The first kappa shape index (κ1) is 18.2. The lowest BCUT2D eigenvalue weighted by Gasteiger charge is -2.23. The van der Waals surface area contributed by atoms with Crippen LogP contribution in [0.3, 0.4) is 0 Å². The summed E-state index contributed by atoms with van der Waals surface area (Å²) in [5, 5.41) is 8.24. The molecule has 2 heterocycles. The van der Waals surface area contributed by atoms with Gasteiger partial charge in [-0.2, -0.15) is 0 Å². The van der Waals surface area contributed by atoms with Crippen molar-refractivity contribution in [2.75, 3.05) is 32.1 Å². The van der Waals surface area contributed by atoms with Crippen LogP contribution in [0, 0.1) is 0 Å². The normalized spacial score (nSPS) is 17.8. The standard InChI is InChI=1S/C20H26N4O2/c1-4-17(15-8-6-5-7-9-15)20(25)24-13-12-16(14-24)26-19-11-10-18(21-22-19)23(2)3/h5-11,16-17H,4,12-14H2,1-3H3. The summed E-state index contributed by atoms with van der Waals surface area (Å²) in [7, 11) is 3.84. The summed E-state index contributed by atoms with van der Waals surface area (Å²) in [6, 6.07) is 13.7. The molecule has 0 aliphatic carbocycles. The number of likely N-dealkylation sites (tertiary alicyclic amines) is 1. The van der Waals surface area contributed by atoms with E-state index in [1.165, 1.54) is 0 Å². The van der Waals surface area contributed by atoms with Gasteiger partial charge in [0.15, 0.2) is 5.82 Å². The number of amides is 1. The SMILES string of the molecule is CCC(C(=O)N1CCC(Oc2ccc(N(C)C)nn2)C1)c1ccccc1. The molecular weight excluding hydrogens is 328 g/mol. The Kier molecular flexibility index (Phi) is 5.71. The van der Waals surface area contributed by atoms with E-state index in [9.17, 15) is 4.79 Å². The third-order valence-corrected chi connectivity index (χ3v) is 4.74. The van der Waals surface area contributed by atoms with E-state index < -0.39 is 0 Å². The van der Waals surface area contributed by atoms with Gasteiger partial charge in [0.1, 0.15) is 6.10 Å². The van der Waals surface area contributed by atoms with Gasteiger partial charge in [0.2, 0.25) is 11.8 Å². The van der Waals surface area contributed by atoms with E-state index in [1.807, 2.05) is 66.4 Å². The van der Waals surface area contributed by atoms with Gasteiger partial charge < -0.3 is 14.5 Å². The molecule has 1 aliphatic heterocycles. The maximum atomic E-state index is 12.9. The van der Waals surface area contributed by atoms with Crippen molar-refractivity contribution in [1.82, 2.24) is 15.1 Å². The highest BCUT2D eigenvalue weighted by Gasteiger charge is 2.32. The van der Waals surface area contributed by atoms with Crippen LogP contribution in [0.4, 0.5) is 5.82 Å². The number of hydrogen-bond acceptors (Lipinski definition) is 5. The third-order valence-electron chi connectivity index (χ3n) is 4.74. The Morgan fingerprint density at radius 1 is 1.23 bits per heavy atom. The minimum Gasteiger partial charge on any atom is -0.471 e. The van der Waals surface area contributed by atoms with Crippen molar-refractivity contribution in [3.05, 3.63) is 48.0 Å². The zero-order valence-electron chi connectivity index (χ0n) is 15.6. The molecule has 6 heteroatoms. The average molecular weight is 354 g/mol. The summed E-state index contributed by atoms with van der Waals surface area (Å²) in [5.41, 5.74) is 1.08. The van der Waals surface area contributed by atoms with Crippen LogP contribution in [0.5, 0.6) is 5.88 Å². The fraction of sp³-hybridized carbons (Fsp3) is 0.450. The number of rotatable bonds is 6. The highest BCUT2D eigenvalue weighted by Crippen LogP contribution is 2.25. The van der Waals surface area contributed by atoms with Gasteiger partial charge in [-0.15, -0.1) is 10.2 Å². The van der Waals surface area contributed by atoms with Crippen LogP contribution in [0.25, 0.3) is 0 Å². The Bertz CT molecular complexity index is 718. The summed E-state index contributed by atoms with van der Waals surface area (Å²) < 4.78 is 5.92. The fourth-order valence-corrected chi connectivity index (χ4v) is 3.27. The Balaban J connectivity index is 1.60. The summed E-state index contributed by atoms with van der Waals surface area (Å²) >= 11 is 0. The smallest absolute Gasteiger partial charge is 0.233 e. The van der Waals surface area contributed by atoms with Gasteiger partial charge in [0.05, 0.1) is 12.5 Å². The Morgan fingerprint density at radius 3 is 2.62 bits per heavy atom. The Labute approximate surface area is 154 Å². The molecule has 1 fully saturated rings. The molecule has 1 aromatic heterocycles. The van der Waals surface area contributed by atoms with E-state index in [2.05, 4.69) is 17.1 Å². The van der Waals surface area contributed by atoms with Crippen LogP contribution in [-0.4, -0.2) is 54.3 Å². The maximum Gasteiger partial charge on any atom is 0.233 e. The van der Waals surface area contributed by atoms with Crippen LogP contribution in [0.15, 0.2) is 42.5 Å². The molecule has 1 aromatic carbocycles. The molecule has 2 atom stereocenters. The van der Waals surface area contributed by atoms with E-state index in [4.69, 9.17) is 4.74 Å². The van der Waals surface area contributed by atoms with Crippen molar-refractivity contribution < 1.29 is 9.53 Å². The van der Waals surface area contributed by atoms with Crippen molar-refractivity contribution in [3.63, 3.8) is 0 Å². The highest BCUT2D eigenvalue weighted by atomic mass is 16.5. The van der Waals surface area contributed by atoms with Gasteiger partial charge in [-0.25, -0.2) is 0 Å². The number of hydrogen-bond donors (Lipinski definition) is 0. The fourth-order valence-electron chi connectivity index (χ4n) is 3.27. The van der Waals surface area contributed by atoms with Crippen molar-refractivity contribution in [2.24, 2.45) is 0 Å². The molecule has 0 spiro atoms. The molecule has 26 heavy (non-hydrogen) atoms. The summed E-state index contributed by atoms with van der Waals surface area (Å²) in [6.45, 7) is 3.37. The van der Waals surface area contributed by atoms with E-state index in [0.717, 1.165) is 30.8 Å². The van der Waals surface area contributed by atoms with Crippen molar-refractivity contribution >= 4 is 11.7 Å². The Morgan fingerprint density at radius 2 is 2.00 bits per heavy atom. The summed E-state index contributed by atoms with van der Waals surface area (Å²) in [6.07, 6.45) is 1.57. The zero-order valence-corrected chi connectivity index (χ0v) is 15.6. The molecule has 1 saturated heterocycles. The second-order valence-corrected chi connectivity index (χ2v) is 6.81. The van der Waals surface area contributed by atoms with Gasteiger partial charge in [-0.05, 0) is 18.1 Å². The number of ether oxygens (including phenoxy) is 1.